The average molecular weight is 406 g/mol. The van der Waals surface area contributed by atoms with Crippen LogP contribution < -0.4 is 0 Å². The summed E-state index contributed by atoms with van der Waals surface area (Å²) < 4.78 is 14.9. The molecule has 0 amide bonds. The maximum absolute atomic E-state index is 14.9. The van der Waals surface area contributed by atoms with E-state index in [0.29, 0.717) is 11.3 Å². The summed E-state index contributed by atoms with van der Waals surface area (Å²) in [7, 11) is 0. The van der Waals surface area contributed by atoms with Gasteiger partial charge in [-0.2, -0.15) is 0 Å². The Morgan fingerprint density at radius 3 is 2.29 bits per heavy atom. The molecular weight excluding hydrogens is 387 g/mol. The maximum Gasteiger partial charge on any atom is 0.133 e. The largest absolute Gasteiger partial charge is 0.342 e. The Balaban J connectivity index is 1.57. The Labute approximate surface area is 177 Å². The van der Waals surface area contributed by atoms with Crippen LogP contribution in [-0.2, 0) is 0 Å². The van der Waals surface area contributed by atoms with Crippen LogP contribution in [-0.4, -0.2) is 19.9 Å². The smallest absolute Gasteiger partial charge is 0.133 e. The molecule has 0 unspecified atom stereocenters. The highest BCUT2D eigenvalue weighted by atomic mass is 19.1. The molecule has 6 rings (SSSR count). The number of nitrogens with zero attached hydrogens (tertiary/aromatic N) is 2. The summed E-state index contributed by atoms with van der Waals surface area (Å²) in [6.07, 6.45) is 1.66. The summed E-state index contributed by atoms with van der Waals surface area (Å²) in [4.78, 5) is 15.4. The van der Waals surface area contributed by atoms with Crippen molar-refractivity contribution in [1.29, 1.82) is 0 Å². The zero-order valence-electron chi connectivity index (χ0n) is 17.1. The molecule has 0 saturated carbocycles. The summed E-state index contributed by atoms with van der Waals surface area (Å²) in [6.45, 7) is 3.83. The van der Waals surface area contributed by atoms with E-state index in [4.69, 9.17) is 4.98 Å². The number of halogens is 1. The minimum atomic E-state index is -0.272. The molecule has 0 radical (unpaired) electrons. The number of H-pyrrole nitrogens is 2. The van der Waals surface area contributed by atoms with Gasteiger partial charge in [0.25, 0.3) is 0 Å². The predicted molar refractivity (Wildman–Crippen MR) is 124 cm³/mol. The van der Waals surface area contributed by atoms with E-state index < -0.39 is 0 Å². The Hall–Kier alpha value is -3.99. The van der Waals surface area contributed by atoms with E-state index in [1.54, 1.807) is 18.3 Å². The number of fused-ring (bicyclic) bond motifs is 6. The highest BCUT2D eigenvalue weighted by Crippen LogP contribution is 2.36. The third-order valence-electron chi connectivity index (χ3n) is 5.88. The minimum absolute atomic E-state index is 0.272. The lowest BCUT2D eigenvalue weighted by Crippen LogP contribution is -1.88. The molecule has 6 aromatic rings. The second-order valence-corrected chi connectivity index (χ2v) is 7.93. The lowest BCUT2D eigenvalue weighted by atomic mass is 9.95. The molecule has 0 saturated heterocycles. The number of aromatic nitrogens is 4. The van der Waals surface area contributed by atoms with Gasteiger partial charge in [-0.1, -0.05) is 42.5 Å². The van der Waals surface area contributed by atoms with Gasteiger partial charge in [-0.15, -0.1) is 0 Å². The van der Waals surface area contributed by atoms with Crippen molar-refractivity contribution < 1.29 is 4.39 Å². The molecular formula is C26H19FN4. The van der Waals surface area contributed by atoms with Crippen molar-refractivity contribution in [2.45, 2.75) is 13.8 Å². The van der Waals surface area contributed by atoms with Gasteiger partial charge in [0.1, 0.15) is 17.5 Å². The summed E-state index contributed by atoms with van der Waals surface area (Å²) in [5.74, 6) is 1.38. The fourth-order valence-electron chi connectivity index (χ4n) is 4.44. The van der Waals surface area contributed by atoms with Gasteiger partial charge in [0.15, 0.2) is 0 Å². The quantitative estimate of drug-likeness (QED) is 0.315. The minimum Gasteiger partial charge on any atom is -0.342 e. The third-order valence-corrected chi connectivity index (χ3v) is 5.88. The van der Waals surface area contributed by atoms with Gasteiger partial charge in [0.05, 0.1) is 22.9 Å². The molecule has 0 spiro atoms. The van der Waals surface area contributed by atoms with Crippen LogP contribution in [0.25, 0.3) is 55.0 Å². The summed E-state index contributed by atoms with van der Waals surface area (Å²) in [5, 5.41) is 4.49. The van der Waals surface area contributed by atoms with Crippen molar-refractivity contribution in [3.05, 3.63) is 84.3 Å². The first-order valence-electron chi connectivity index (χ1n) is 10.2. The third kappa shape index (κ3) is 2.74. The highest BCUT2D eigenvalue weighted by molar-refractivity contribution is 6.23. The van der Waals surface area contributed by atoms with E-state index in [2.05, 4.69) is 39.2 Å². The molecule has 0 aliphatic rings. The Kier molecular flexibility index (Phi) is 3.74. The van der Waals surface area contributed by atoms with Gasteiger partial charge in [0.2, 0.25) is 0 Å². The Morgan fingerprint density at radius 1 is 0.742 bits per heavy atom. The Morgan fingerprint density at radius 2 is 1.52 bits per heavy atom. The SMILES string of the molecule is Cc1ncc(-c2ccc(-c3ccc4c(c3)c3ccccc3c3nc(C)[nH]c43)cc2F)[nH]1. The molecule has 4 nitrogen and oxygen atoms in total. The number of benzene rings is 4. The van der Waals surface area contributed by atoms with Crippen molar-refractivity contribution in [3.8, 4) is 22.4 Å². The lowest BCUT2D eigenvalue weighted by molar-refractivity contribution is 0.631. The fraction of sp³-hybridized carbons (Fsp3) is 0.0769. The highest BCUT2D eigenvalue weighted by Gasteiger charge is 2.14. The molecule has 0 bridgehead atoms. The average Bonchev–Trinajstić information content (AvgIpc) is 3.39. The summed E-state index contributed by atoms with van der Waals surface area (Å²) in [6, 6.07) is 19.9. The van der Waals surface area contributed by atoms with E-state index in [9.17, 15) is 4.39 Å². The second kappa shape index (κ2) is 6.51. The molecule has 2 N–H and O–H groups in total. The standard InChI is InChI=1S/C26H19FN4/c1-14-28-13-24(29-14)21-10-8-17(12-23(21)27)16-7-9-20-22(11-16)18-5-3-4-6-19(18)25-26(20)31-15(2)30-25/h3-13H,1-2H3,(H,28,29)(H,30,31). The molecule has 2 aromatic heterocycles. The van der Waals surface area contributed by atoms with Crippen LogP contribution in [0.1, 0.15) is 11.6 Å². The lowest BCUT2D eigenvalue weighted by Gasteiger charge is -2.10. The summed E-state index contributed by atoms with van der Waals surface area (Å²) in [5.41, 5.74) is 5.03. The van der Waals surface area contributed by atoms with Crippen molar-refractivity contribution in [3.63, 3.8) is 0 Å². The molecule has 5 heteroatoms. The normalized spacial score (nSPS) is 11.7. The molecule has 2 heterocycles. The maximum atomic E-state index is 14.9. The number of aryl methyl sites for hydroxylation is 2. The Bertz CT molecular complexity index is 1620. The van der Waals surface area contributed by atoms with Crippen molar-refractivity contribution in [2.24, 2.45) is 0 Å². The number of rotatable bonds is 2. The zero-order chi connectivity index (χ0) is 21.1. The monoisotopic (exact) mass is 406 g/mol. The first kappa shape index (κ1) is 17.8. The zero-order valence-corrected chi connectivity index (χ0v) is 17.1. The van der Waals surface area contributed by atoms with Crippen LogP contribution in [0.15, 0.2) is 66.9 Å². The molecule has 0 aliphatic carbocycles. The molecule has 150 valence electrons. The van der Waals surface area contributed by atoms with Gasteiger partial charge in [-0.3, -0.25) is 0 Å². The van der Waals surface area contributed by atoms with Crippen LogP contribution in [0.2, 0.25) is 0 Å². The molecule has 0 aliphatic heterocycles. The number of aromatic amines is 2. The first-order chi connectivity index (χ1) is 15.1. The van der Waals surface area contributed by atoms with Gasteiger partial charge in [-0.25, -0.2) is 14.4 Å². The van der Waals surface area contributed by atoms with Crippen LogP contribution in [0.5, 0.6) is 0 Å². The van der Waals surface area contributed by atoms with Crippen molar-refractivity contribution in [2.75, 3.05) is 0 Å². The van der Waals surface area contributed by atoms with E-state index in [0.717, 1.165) is 55.4 Å². The van der Waals surface area contributed by atoms with Crippen LogP contribution >= 0.6 is 0 Å². The van der Waals surface area contributed by atoms with Crippen molar-refractivity contribution >= 4 is 32.6 Å². The summed E-state index contributed by atoms with van der Waals surface area (Å²) >= 11 is 0. The van der Waals surface area contributed by atoms with Gasteiger partial charge in [-0.05, 0) is 53.9 Å². The number of imidazole rings is 2. The molecule has 0 atom stereocenters. The fourth-order valence-corrected chi connectivity index (χ4v) is 4.44. The van der Waals surface area contributed by atoms with E-state index in [1.165, 1.54) is 0 Å². The van der Waals surface area contributed by atoms with E-state index in [1.807, 2.05) is 38.1 Å². The number of hydrogen-bond acceptors (Lipinski definition) is 2. The molecule has 4 aromatic carbocycles. The second-order valence-electron chi connectivity index (χ2n) is 7.93. The topological polar surface area (TPSA) is 57.4 Å². The van der Waals surface area contributed by atoms with E-state index in [-0.39, 0.29) is 5.82 Å². The van der Waals surface area contributed by atoms with Gasteiger partial charge < -0.3 is 9.97 Å². The van der Waals surface area contributed by atoms with E-state index >= 15 is 0 Å². The van der Waals surface area contributed by atoms with Crippen LogP contribution in [0.4, 0.5) is 4.39 Å². The van der Waals surface area contributed by atoms with Crippen LogP contribution in [0.3, 0.4) is 0 Å². The van der Waals surface area contributed by atoms with Crippen molar-refractivity contribution in [1.82, 2.24) is 19.9 Å². The molecule has 0 fully saturated rings. The number of nitrogens with one attached hydrogen (secondary N) is 2. The van der Waals surface area contributed by atoms with Gasteiger partial charge in [0, 0.05) is 16.3 Å². The van der Waals surface area contributed by atoms with Gasteiger partial charge >= 0.3 is 0 Å². The van der Waals surface area contributed by atoms with Crippen LogP contribution in [0, 0.1) is 19.7 Å². The molecule has 31 heavy (non-hydrogen) atoms. The predicted octanol–water partition coefficient (Wildman–Crippen LogP) is 6.68. The first-order valence-corrected chi connectivity index (χ1v) is 10.2. The number of hydrogen-bond donors (Lipinski definition) is 2.